The Morgan fingerprint density at radius 3 is 2.07 bits per heavy atom. The molecule has 0 bridgehead atoms. The van der Waals surface area contributed by atoms with Crippen LogP contribution in [0.5, 0.6) is 11.5 Å². The Hall–Kier alpha value is -2.99. The van der Waals surface area contributed by atoms with Gasteiger partial charge in [0.1, 0.15) is 0 Å². The fourth-order valence-electron chi connectivity index (χ4n) is 3.42. The molecule has 1 atom stereocenters. The highest BCUT2D eigenvalue weighted by Crippen LogP contribution is 2.38. The molecule has 0 aliphatic rings. The van der Waals surface area contributed by atoms with Gasteiger partial charge in [-0.1, -0.05) is 42.5 Å². The number of nitrogens with zero attached hydrogens (tertiary/aromatic N) is 1. The molecule has 0 amide bonds. The van der Waals surface area contributed by atoms with Gasteiger partial charge >= 0.3 is 0 Å². The van der Waals surface area contributed by atoms with Gasteiger partial charge in [-0.2, -0.15) is 0 Å². The van der Waals surface area contributed by atoms with E-state index in [-0.39, 0.29) is 4.90 Å². The van der Waals surface area contributed by atoms with Crippen LogP contribution >= 0.6 is 0 Å². The third-order valence-corrected chi connectivity index (χ3v) is 6.82. The van der Waals surface area contributed by atoms with Crippen molar-refractivity contribution in [2.45, 2.75) is 24.8 Å². The average Bonchev–Trinajstić information content (AvgIpc) is 2.74. The maximum absolute atomic E-state index is 13.7. The Morgan fingerprint density at radius 1 is 0.828 bits per heavy atom. The Bertz CT molecular complexity index is 1080. The molecule has 0 radical (unpaired) electrons. The van der Waals surface area contributed by atoms with E-state index in [0.29, 0.717) is 17.2 Å². The Labute approximate surface area is 172 Å². The van der Waals surface area contributed by atoms with Crippen molar-refractivity contribution in [3.63, 3.8) is 0 Å². The van der Waals surface area contributed by atoms with Gasteiger partial charge in [0.2, 0.25) is 0 Å². The second-order valence-electron chi connectivity index (χ2n) is 6.69. The summed E-state index contributed by atoms with van der Waals surface area (Å²) in [5, 5.41) is 0. The van der Waals surface area contributed by atoms with Crippen LogP contribution in [0.3, 0.4) is 0 Å². The van der Waals surface area contributed by atoms with Crippen LogP contribution in [-0.4, -0.2) is 22.6 Å². The molecule has 0 N–H and O–H groups in total. The van der Waals surface area contributed by atoms with Crippen molar-refractivity contribution >= 4 is 15.7 Å². The SMILES string of the molecule is COc1ccc(N(C(C)c2ccccc2C)S(=O)(=O)c2ccccc2)cc1OC. The first-order valence-electron chi connectivity index (χ1n) is 9.27. The van der Waals surface area contributed by atoms with E-state index in [4.69, 9.17) is 9.47 Å². The number of aryl methyl sites for hydroxylation is 1. The van der Waals surface area contributed by atoms with Crippen molar-refractivity contribution in [3.05, 3.63) is 83.9 Å². The monoisotopic (exact) mass is 411 g/mol. The standard InChI is InChI=1S/C23H25NO4S/c1-17-10-8-9-13-21(17)18(2)24(29(25,26)20-11-6-5-7-12-20)19-14-15-22(27-3)23(16-19)28-4/h5-16,18H,1-4H3. The number of hydrogen-bond donors (Lipinski definition) is 0. The van der Waals surface area contributed by atoms with Crippen molar-refractivity contribution in [2.24, 2.45) is 0 Å². The minimum absolute atomic E-state index is 0.232. The average molecular weight is 412 g/mol. The number of rotatable bonds is 7. The molecular formula is C23H25NO4S. The molecule has 5 nitrogen and oxygen atoms in total. The van der Waals surface area contributed by atoms with E-state index in [1.807, 2.05) is 38.1 Å². The van der Waals surface area contributed by atoms with Crippen molar-refractivity contribution in [2.75, 3.05) is 18.5 Å². The fourth-order valence-corrected chi connectivity index (χ4v) is 5.07. The van der Waals surface area contributed by atoms with E-state index in [1.54, 1.807) is 55.6 Å². The highest BCUT2D eigenvalue weighted by Gasteiger charge is 2.31. The molecule has 152 valence electrons. The van der Waals surface area contributed by atoms with Crippen LogP contribution in [0.15, 0.2) is 77.7 Å². The van der Waals surface area contributed by atoms with E-state index in [9.17, 15) is 8.42 Å². The quantitative estimate of drug-likeness (QED) is 0.551. The summed E-state index contributed by atoms with van der Waals surface area (Å²) in [5.74, 6) is 1.01. The maximum atomic E-state index is 13.7. The molecule has 0 aliphatic heterocycles. The van der Waals surface area contributed by atoms with Crippen molar-refractivity contribution in [1.82, 2.24) is 0 Å². The van der Waals surface area contributed by atoms with Crippen LogP contribution in [0.4, 0.5) is 5.69 Å². The van der Waals surface area contributed by atoms with Crippen LogP contribution in [0.1, 0.15) is 24.1 Å². The van der Waals surface area contributed by atoms with Gasteiger partial charge in [-0.05, 0) is 49.2 Å². The van der Waals surface area contributed by atoms with Crippen LogP contribution in [0.25, 0.3) is 0 Å². The molecule has 3 aromatic rings. The molecule has 0 saturated carbocycles. The Kier molecular flexibility index (Phi) is 6.13. The lowest BCUT2D eigenvalue weighted by Crippen LogP contribution is -2.34. The normalized spacial score (nSPS) is 12.3. The first kappa shape index (κ1) is 20.7. The number of methoxy groups -OCH3 is 2. The van der Waals surface area contributed by atoms with Gasteiger partial charge in [0, 0.05) is 6.07 Å². The van der Waals surface area contributed by atoms with Crippen molar-refractivity contribution in [3.8, 4) is 11.5 Å². The summed E-state index contributed by atoms with van der Waals surface area (Å²) in [5.41, 5.74) is 2.46. The Balaban J connectivity index is 2.21. The summed E-state index contributed by atoms with van der Waals surface area (Å²) in [4.78, 5) is 0.232. The van der Waals surface area contributed by atoms with Gasteiger partial charge in [0.05, 0.1) is 30.8 Å². The Morgan fingerprint density at radius 2 is 1.45 bits per heavy atom. The number of hydrogen-bond acceptors (Lipinski definition) is 4. The molecular weight excluding hydrogens is 386 g/mol. The third-order valence-electron chi connectivity index (χ3n) is 4.91. The highest BCUT2D eigenvalue weighted by atomic mass is 32.2. The summed E-state index contributed by atoms with van der Waals surface area (Å²) < 4.78 is 39.5. The van der Waals surface area contributed by atoms with Gasteiger partial charge < -0.3 is 9.47 Å². The van der Waals surface area contributed by atoms with Gasteiger partial charge in [0.15, 0.2) is 11.5 Å². The highest BCUT2D eigenvalue weighted by molar-refractivity contribution is 7.92. The predicted octanol–water partition coefficient (Wildman–Crippen LogP) is 4.97. The van der Waals surface area contributed by atoms with E-state index >= 15 is 0 Å². The zero-order chi connectivity index (χ0) is 21.0. The minimum atomic E-state index is -3.83. The summed E-state index contributed by atoms with van der Waals surface area (Å²) in [7, 11) is -0.748. The predicted molar refractivity (Wildman–Crippen MR) is 115 cm³/mol. The van der Waals surface area contributed by atoms with E-state index in [1.165, 1.54) is 11.4 Å². The van der Waals surface area contributed by atoms with E-state index < -0.39 is 16.1 Å². The molecule has 0 fully saturated rings. The summed E-state index contributed by atoms with van der Waals surface area (Å²) in [6.45, 7) is 3.87. The lowest BCUT2D eigenvalue weighted by molar-refractivity contribution is 0.355. The number of benzene rings is 3. The minimum Gasteiger partial charge on any atom is -0.493 e. The van der Waals surface area contributed by atoms with Gasteiger partial charge in [0.25, 0.3) is 10.0 Å². The molecule has 0 aliphatic carbocycles. The fraction of sp³-hybridized carbons (Fsp3) is 0.217. The van der Waals surface area contributed by atoms with E-state index in [2.05, 4.69) is 0 Å². The second-order valence-corrected chi connectivity index (χ2v) is 8.50. The zero-order valence-electron chi connectivity index (χ0n) is 17.0. The molecule has 1 unspecified atom stereocenters. The van der Waals surface area contributed by atoms with Crippen LogP contribution in [0.2, 0.25) is 0 Å². The molecule has 29 heavy (non-hydrogen) atoms. The first-order chi connectivity index (χ1) is 13.9. The van der Waals surface area contributed by atoms with Crippen LogP contribution in [0, 0.1) is 6.92 Å². The summed E-state index contributed by atoms with van der Waals surface area (Å²) >= 11 is 0. The molecule has 6 heteroatoms. The number of ether oxygens (including phenoxy) is 2. The number of sulfonamides is 1. The van der Waals surface area contributed by atoms with Crippen LogP contribution < -0.4 is 13.8 Å². The lowest BCUT2D eigenvalue weighted by Gasteiger charge is -2.32. The summed E-state index contributed by atoms with van der Waals surface area (Å²) in [6.07, 6.45) is 0. The van der Waals surface area contributed by atoms with Crippen LogP contribution in [-0.2, 0) is 10.0 Å². The van der Waals surface area contributed by atoms with Gasteiger partial charge in [-0.15, -0.1) is 0 Å². The van der Waals surface area contributed by atoms with Gasteiger partial charge in [-0.3, -0.25) is 4.31 Å². The van der Waals surface area contributed by atoms with E-state index in [0.717, 1.165) is 11.1 Å². The molecule has 3 aromatic carbocycles. The molecule has 3 rings (SSSR count). The summed E-state index contributed by atoms with van der Waals surface area (Å²) in [6, 6.07) is 20.9. The molecule has 0 aromatic heterocycles. The molecule has 0 spiro atoms. The second kappa shape index (κ2) is 8.57. The number of anilines is 1. The lowest BCUT2D eigenvalue weighted by atomic mass is 10.0. The first-order valence-corrected chi connectivity index (χ1v) is 10.7. The maximum Gasteiger partial charge on any atom is 0.264 e. The zero-order valence-corrected chi connectivity index (χ0v) is 17.8. The van der Waals surface area contributed by atoms with Crippen molar-refractivity contribution < 1.29 is 17.9 Å². The largest absolute Gasteiger partial charge is 0.493 e. The van der Waals surface area contributed by atoms with Gasteiger partial charge in [-0.25, -0.2) is 8.42 Å². The molecule has 0 heterocycles. The van der Waals surface area contributed by atoms with Crippen molar-refractivity contribution in [1.29, 1.82) is 0 Å². The smallest absolute Gasteiger partial charge is 0.264 e. The topological polar surface area (TPSA) is 55.8 Å². The molecule has 0 saturated heterocycles. The third kappa shape index (κ3) is 4.07.